The molecular formula is C28H24FNO6. The van der Waals surface area contributed by atoms with E-state index in [1.165, 1.54) is 31.3 Å². The van der Waals surface area contributed by atoms with Crippen molar-refractivity contribution in [2.45, 2.75) is 25.1 Å². The van der Waals surface area contributed by atoms with Crippen molar-refractivity contribution in [1.29, 1.82) is 0 Å². The zero-order valence-electron chi connectivity index (χ0n) is 19.5. The van der Waals surface area contributed by atoms with Gasteiger partial charge in [-0.3, -0.25) is 19.3 Å². The van der Waals surface area contributed by atoms with Crippen molar-refractivity contribution in [2.24, 2.45) is 11.8 Å². The van der Waals surface area contributed by atoms with Crippen LogP contribution in [-0.4, -0.2) is 36.0 Å². The molecule has 2 amide bonds. The maximum absolute atomic E-state index is 13.7. The van der Waals surface area contributed by atoms with Crippen LogP contribution in [0.15, 0.2) is 84.9 Å². The van der Waals surface area contributed by atoms with E-state index >= 15 is 0 Å². The molecule has 0 aromatic heterocycles. The first-order chi connectivity index (χ1) is 17.4. The van der Waals surface area contributed by atoms with Crippen LogP contribution in [0.4, 0.5) is 4.39 Å². The number of carbonyl (C=O) groups excluding carboxylic acids is 3. The van der Waals surface area contributed by atoms with Gasteiger partial charge < -0.3 is 14.2 Å². The monoisotopic (exact) mass is 489 g/mol. The van der Waals surface area contributed by atoms with E-state index < -0.39 is 53.9 Å². The van der Waals surface area contributed by atoms with Crippen molar-refractivity contribution in [1.82, 2.24) is 4.90 Å². The lowest BCUT2D eigenvalue weighted by atomic mass is 9.72. The Labute approximate surface area is 207 Å². The third-order valence-electron chi connectivity index (χ3n) is 6.57. The van der Waals surface area contributed by atoms with Crippen LogP contribution < -0.4 is 0 Å². The van der Waals surface area contributed by atoms with Gasteiger partial charge in [0.15, 0.2) is 12.6 Å². The summed E-state index contributed by atoms with van der Waals surface area (Å²) in [5.41, 5.74) is 1.97. The van der Waals surface area contributed by atoms with E-state index in [0.717, 1.165) is 16.0 Å². The molecule has 2 fully saturated rings. The van der Waals surface area contributed by atoms with Gasteiger partial charge in [-0.15, -0.1) is 0 Å². The number of benzene rings is 3. The number of amides is 2. The number of hydrogen-bond donors (Lipinski definition) is 0. The Morgan fingerprint density at radius 1 is 0.833 bits per heavy atom. The standard InChI is InChI=1S/C28H24FNO6/c1-30-24(31)22(26(33)34-16-17-8-4-2-5-9-17)21(18-12-14-20(29)15-13-18)23(25(30)32)28-35-27(36-28)19-10-6-3-7-11-19/h2-15,21-23,27-28H,16H2,1H3/t21?,22-,23+,27?,28?/m0/s1. The number of ether oxygens (including phenoxy) is 3. The van der Waals surface area contributed by atoms with Crippen molar-refractivity contribution >= 4 is 17.8 Å². The Bertz CT molecular complexity index is 1240. The van der Waals surface area contributed by atoms with Crippen LogP contribution in [0.3, 0.4) is 0 Å². The van der Waals surface area contributed by atoms with Crippen LogP contribution in [0.2, 0.25) is 0 Å². The van der Waals surface area contributed by atoms with Gasteiger partial charge in [0.25, 0.3) is 0 Å². The second-order valence-electron chi connectivity index (χ2n) is 8.79. The smallest absolute Gasteiger partial charge is 0.319 e. The number of carbonyl (C=O) groups is 3. The summed E-state index contributed by atoms with van der Waals surface area (Å²) in [6.45, 7) is -0.0333. The molecular weight excluding hydrogens is 465 g/mol. The Kier molecular flexibility index (Phi) is 6.63. The summed E-state index contributed by atoms with van der Waals surface area (Å²) in [7, 11) is 1.32. The highest BCUT2D eigenvalue weighted by Gasteiger charge is 2.57. The minimum atomic E-state index is -1.34. The van der Waals surface area contributed by atoms with Crippen molar-refractivity contribution in [2.75, 3.05) is 7.05 Å². The molecule has 7 nitrogen and oxygen atoms in total. The molecule has 1 unspecified atom stereocenters. The summed E-state index contributed by atoms with van der Waals surface area (Å²) in [5.74, 6) is -5.82. The Hall–Kier alpha value is -3.88. The van der Waals surface area contributed by atoms with Crippen LogP contribution in [0.25, 0.3) is 0 Å². The number of piperidine rings is 1. The zero-order chi connectivity index (χ0) is 25.2. The summed E-state index contributed by atoms with van der Waals surface area (Å²) in [5, 5.41) is 0. The number of likely N-dealkylation sites (tertiary alicyclic amines) is 1. The third kappa shape index (κ3) is 4.53. The molecule has 2 saturated heterocycles. The van der Waals surface area contributed by atoms with Gasteiger partial charge in [0.2, 0.25) is 11.8 Å². The molecule has 0 saturated carbocycles. The summed E-state index contributed by atoms with van der Waals surface area (Å²) in [6, 6.07) is 23.6. The average molecular weight is 489 g/mol. The number of esters is 1. The molecule has 36 heavy (non-hydrogen) atoms. The third-order valence-corrected chi connectivity index (χ3v) is 6.57. The number of hydrogen-bond acceptors (Lipinski definition) is 6. The summed E-state index contributed by atoms with van der Waals surface area (Å²) in [6.07, 6.45) is -1.68. The number of rotatable bonds is 6. The van der Waals surface area contributed by atoms with Gasteiger partial charge in [-0.2, -0.15) is 0 Å². The highest BCUT2D eigenvalue weighted by molar-refractivity contribution is 6.09. The van der Waals surface area contributed by atoms with Gasteiger partial charge >= 0.3 is 5.97 Å². The lowest BCUT2D eigenvalue weighted by Gasteiger charge is -2.47. The molecule has 0 aliphatic carbocycles. The molecule has 3 atom stereocenters. The summed E-state index contributed by atoms with van der Waals surface area (Å²) in [4.78, 5) is 40.8. The van der Waals surface area contributed by atoms with Crippen molar-refractivity contribution < 1.29 is 33.0 Å². The van der Waals surface area contributed by atoms with E-state index in [1.54, 1.807) is 12.1 Å². The quantitative estimate of drug-likeness (QED) is 0.296. The van der Waals surface area contributed by atoms with Gasteiger partial charge in [-0.25, -0.2) is 4.39 Å². The van der Waals surface area contributed by atoms with Crippen LogP contribution in [0.5, 0.6) is 0 Å². The zero-order valence-corrected chi connectivity index (χ0v) is 19.5. The molecule has 184 valence electrons. The van der Waals surface area contributed by atoms with Gasteiger partial charge in [0, 0.05) is 18.5 Å². The second-order valence-corrected chi connectivity index (χ2v) is 8.79. The van der Waals surface area contributed by atoms with Crippen LogP contribution >= 0.6 is 0 Å². The molecule has 3 aromatic rings. The van der Waals surface area contributed by atoms with Crippen molar-refractivity contribution in [3.05, 3.63) is 107 Å². The molecule has 5 rings (SSSR count). The van der Waals surface area contributed by atoms with Gasteiger partial charge in [0.1, 0.15) is 18.3 Å². The number of halogens is 1. The maximum Gasteiger partial charge on any atom is 0.319 e. The fourth-order valence-corrected chi connectivity index (χ4v) is 4.68. The second kappa shape index (κ2) is 10.0. The van der Waals surface area contributed by atoms with E-state index in [0.29, 0.717) is 5.56 Å². The topological polar surface area (TPSA) is 82.1 Å². The van der Waals surface area contributed by atoms with Crippen LogP contribution in [-0.2, 0) is 35.2 Å². The molecule has 3 aromatic carbocycles. The Morgan fingerprint density at radius 2 is 1.44 bits per heavy atom. The van der Waals surface area contributed by atoms with Crippen LogP contribution in [0, 0.1) is 17.7 Å². The van der Waals surface area contributed by atoms with E-state index in [1.807, 2.05) is 48.5 Å². The Morgan fingerprint density at radius 3 is 2.08 bits per heavy atom. The van der Waals surface area contributed by atoms with E-state index in [4.69, 9.17) is 14.2 Å². The fourth-order valence-electron chi connectivity index (χ4n) is 4.68. The lowest BCUT2D eigenvalue weighted by Crippen LogP contribution is -2.59. The molecule has 0 radical (unpaired) electrons. The molecule has 0 spiro atoms. The summed E-state index contributed by atoms with van der Waals surface area (Å²) < 4.78 is 31.1. The van der Waals surface area contributed by atoms with Gasteiger partial charge in [-0.1, -0.05) is 72.8 Å². The minimum absolute atomic E-state index is 0.0333. The SMILES string of the molecule is CN1C(=O)[C@@H](C(=O)OCc2ccccc2)C(c2ccc(F)cc2)[C@@H](C2OC(c3ccccc3)O2)C1=O. The molecule has 0 N–H and O–H groups in total. The predicted octanol–water partition coefficient (Wildman–Crippen LogP) is 3.96. The van der Waals surface area contributed by atoms with Crippen molar-refractivity contribution in [3.63, 3.8) is 0 Å². The molecule has 2 aliphatic rings. The molecule has 8 heteroatoms. The largest absolute Gasteiger partial charge is 0.460 e. The number of nitrogens with zero attached hydrogens (tertiary/aromatic N) is 1. The highest BCUT2D eigenvalue weighted by atomic mass is 19.1. The van der Waals surface area contributed by atoms with Gasteiger partial charge in [-0.05, 0) is 23.3 Å². The first-order valence-corrected chi connectivity index (χ1v) is 11.6. The lowest BCUT2D eigenvalue weighted by molar-refractivity contribution is -0.404. The average Bonchev–Trinajstić information content (AvgIpc) is 2.88. The summed E-state index contributed by atoms with van der Waals surface area (Å²) >= 11 is 0. The van der Waals surface area contributed by atoms with Crippen LogP contribution in [0.1, 0.15) is 28.9 Å². The molecule has 0 bridgehead atoms. The first-order valence-electron chi connectivity index (χ1n) is 11.6. The van der Waals surface area contributed by atoms with Crippen molar-refractivity contribution in [3.8, 4) is 0 Å². The maximum atomic E-state index is 13.7. The molecule has 2 aliphatic heterocycles. The van der Waals surface area contributed by atoms with E-state index in [2.05, 4.69) is 0 Å². The first kappa shape index (κ1) is 23.8. The predicted molar refractivity (Wildman–Crippen MR) is 125 cm³/mol. The normalized spacial score (nSPS) is 25.8. The Balaban J connectivity index is 1.45. The van der Waals surface area contributed by atoms with E-state index in [-0.39, 0.29) is 6.61 Å². The highest BCUT2D eigenvalue weighted by Crippen LogP contribution is 2.47. The number of imide groups is 1. The minimum Gasteiger partial charge on any atom is -0.460 e. The van der Waals surface area contributed by atoms with E-state index in [9.17, 15) is 18.8 Å². The fraction of sp³-hybridized carbons (Fsp3) is 0.250. The molecule has 2 heterocycles. The van der Waals surface area contributed by atoms with Gasteiger partial charge in [0.05, 0.1) is 5.92 Å².